The van der Waals surface area contributed by atoms with E-state index in [0.29, 0.717) is 16.7 Å². The average Bonchev–Trinajstić information content (AvgIpc) is 3.01. The van der Waals surface area contributed by atoms with Crippen LogP contribution in [0.15, 0.2) is 41.4 Å². The summed E-state index contributed by atoms with van der Waals surface area (Å²) in [5.74, 6) is -1.23. The second-order valence-electron chi connectivity index (χ2n) is 6.77. The van der Waals surface area contributed by atoms with Crippen LogP contribution in [0.3, 0.4) is 0 Å². The van der Waals surface area contributed by atoms with Gasteiger partial charge in [-0.05, 0) is 47.9 Å². The number of benzene rings is 2. The molecule has 2 aromatic carbocycles. The third-order valence-corrected chi connectivity index (χ3v) is 4.75. The Morgan fingerprint density at radius 2 is 1.83 bits per heavy atom. The van der Waals surface area contributed by atoms with Gasteiger partial charge in [0.15, 0.2) is 17.1 Å². The SMILES string of the molecule is Cc1cc(C2(c3ccc(F)c(OCCCF)c3)N=CN(C)C2=O)ccc1OC(F)F. The van der Waals surface area contributed by atoms with E-state index in [2.05, 4.69) is 9.73 Å². The maximum Gasteiger partial charge on any atom is 0.387 e. The van der Waals surface area contributed by atoms with Gasteiger partial charge in [0.25, 0.3) is 5.91 Å². The largest absolute Gasteiger partial charge is 0.490 e. The molecule has 1 amide bonds. The number of aryl methyl sites for hydroxylation is 1. The molecule has 1 aliphatic heterocycles. The third kappa shape index (κ3) is 3.96. The Morgan fingerprint density at radius 3 is 2.43 bits per heavy atom. The number of carbonyl (C=O) groups is 1. The standard InChI is InChI=1S/C21H20F4N2O3/c1-13-10-14(5-7-17(13)30-20(24)25)21(19(28)27(2)12-26-21)15-4-6-16(23)18(11-15)29-9-3-8-22/h4-7,10-12,20H,3,8-9H2,1-2H3. The van der Waals surface area contributed by atoms with Gasteiger partial charge in [-0.1, -0.05) is 12.1 Å². The van der Waals surface area contributed by atoms with Crippen molar-refractivity contribution in [2.45, 2.75) is 25.5 Å². The summed E-state index contributed by atoms with van der Waals surface area (Å²) in [6, 6.07) is 8.22. The Balaban J connectivity index is 2.09. The van der Waals surface area contributed by atoms with Gasteiger partial charge in [0, 0.05) is 13.5 Å². The maximum atomic E-state index is 14.2. The van der Waals surface area contributed by atoms with Crippen LogP contribution in [0.25, 0.3) is 0 Å². The molecule has 3 rings (SSSR count). The van der Waals surface area contributed by atoms with Crippen LogP contribution in [0, 0.1) is 12.7 Å². The van der Waals surface area contributed by atoms with Gasteiger partial charge in [0.1, 0.15) is 5.75 Å². The van der Waals surface area contributed by atoms with E-state index in [9.17, 15) is 22.4 Å². The van der Waals surface area contributed by atoms with Gasteiger partial charge in [-0.15, -0.1) is 0 Å². The van der Waals surface area contributed by atoms with Crippen molar-refractivity contribution in [1.29, 1.82) is 0 Å². The summed E-state index contributed by atoms with van der Waals surface area (Å²) in [4.78, 5) is 18.8. The number of aliphatic imine (C=N–C) groups is 1. The van der Waals surface area contributed by atoms with Crippen molar-refractivity contribution < 1.29 is 31.8 Å². The van der Waals surface area contributed by atoms with Crippen molar-refractivity contribution in [2.75, 3.05) is 20.3 Å². The number of amides is 1. The smallest absolute Gasteiger partial charge is 0.387 e. The summed E-state index contributed by atoms with van der Waals surface area (Å²) < 4.78 is 61.5. The van der Waals surface area contributed by atoms with Gasteiger partial charge in [-0.2, -0.15) is 8.78 Å². The van der Waals surface area contributed by atoms with Crippen molar-refractivity contribution in [3.8, 4) is 11.5 Å². The molecule has 0 bridgehead atoms. The van der Waals surface area contributed by atoms with Crippen molar-refractivity contribution in [3.63, 3.8) is 0 Å². The number of carbonyl (C=O) groups excluding carboxylic acids is 1. The predicted octanol–water partition coefficient (Wildman–Crippen LogP) is 4.22. The molecule has 5 nitrogen and oxygen atoms in total. The Bertz CT molecular complexity index is 967. The first-order valence-corrected chi connectivity index (χ1v) is 9.17. The van der Waals surface area contributed by atoms with E-state index in [0.717, 1.165) is 6.07 Å². The fourth-order valence-corrected chi connectivity index (χ4v) is 3.28. The summed E-state index contributed by atoms with van der Waals surface area (Å²) in [5, 5.41) is 0. The molecule has 9 heteroatoms. The highest BCUT2D eigenvalue weighted by Gasteiger charge is 2.47. The van der Waals surface area contributed by atoms with Gasteiger partial charge in [0.2, 0.25) is 0 Å². The van der Waals surface area contributed by atoms with E-state index in [1.54, 1.807) is 6.92 Å². The maximum absolute atomic E-state index is 14.2. The molecule has 1 aliphatic rings. The van der Waals surface area contributed by atoms with Crippen LogP contribution in [0.2, 0.25) is 0 Å². The minimum Gasteiger partial charge on any atom is -0.490 e. The number of hydrogen-bond donors (Lipinski definition) is 0. The number of ether oxygens (including phenoxy) is 2. The van der Waals surface area contributed by atoms with Crippen molar-refractivity contribution in [1.82, 2.24) is 4.90 Å². The van der Waals surface area contributed by atoms with Crippen LogP contribution < -0.4 is 9.47 Å². The lowest BCUT2D eigenvalue weighted by Crippen LogP contribution is -2.38. The number of rotatable bonds is 8. The molecule has 0 saturated carbocycles. The molecule has 0 fully saturated rings. The zero-order chi connectivity index (χ0) is 21.9. The molecule has 0 N–H and O–H groups in total. The molecule has 0 aliphatic carbocycles. The summed E-state index contributed by atoms with van der Waals surface area (Å²) in [5.41, 5.74) is -0.444. The van der Waals surface area contributed by atoms with Gasteiger partial charge in [0.05, 0.1) is 19.6 Å². The molecule has 2 aromatic rings. The minimum absolute atomic E-state index is 0.0268. The molecule has 0 spiro atoms. The monoisotopic (exact) mass is 424 g/mol. The summed E-state index contributed by atoms with van der Waals surface area (Å²) in [6.45, 7) is -2.05. The Kier molecular flexibility index (Phi) is 6.28. The third-order valence-electron chi connectivity index (χ3n) is 4.75. The fraction of sp³-hybridized carbons (Fsp3) is 0.333. The lowest BCUT2D eigenvalue weighted by atomic mass is 9.82. The first-order chi connectivity index (χ1) is 14.3. The molecule has 0 aromatic heterocycles. The van der Waals surface area contributed by atoms with E-state index >= 15 is 0 Å². The Hall–Kier alpha value is -3.10. The Labute approximate surface area is 170 Å². The highest BCUT2D eigenvalue weighted by atomic mass is 19.3. The van der Waals surface area contributed by atoms with E-state index in [4.69, 9.17) is 4.74 Å². The Morgan fingerprint density at radius 1 is 1.13 bits per heavy atom. The number of likely N-dealkylation sites (N-methyl/N-ethyl adjacent to an activating group) is 1. The van der Waals surface area contributed by atoms with Gasteiger partial charge in [-0.3, -0.25) is 9.18 Å². The van der Waals surface area contributed by atoms with Gasteiger partial charge >= 0.3 is 6.61 Å². The number of hydrogen-bond acceptors (Lipinski definition) is 4. The van der Waals surface area contributed by atoms with Crippen molar-refractivity contribution in [3.05, 3.63) is 58.9 Å². The first-order valence-electron chi connectivity index (χ1n) is 9.17. The molecule has 1 atom stereocenters. The predicted molar refractivity (Wildman–Crippen MR) is 102 cm³/mol. The highest BCUT2D eigenvalue weighted by molar-refractivity contribution is 6.03. The zero-order valence-corrected chi connectivity index (χ0v) is 16.4. The van der Waals surface area contributed by atoms with E-state index < -0.39 is 30.5 Å². The molecule has 30 heavy (non-hydrogen) atoms. The minimum atomic E-state index is -2.98. The second kappa shape index (κ2) is 8.73. The van der Waals surface area contributed by atoms with Crippen LogP contribution in [0.5, 0.6) is 11.5 Å². The van der Waals surface area contributed by atoms with Crippen LogP contribution in [0.4, 0.5) is 17.6 Å². The van der Waals surface area contributed by atoms with Crippen LogP contribution >= 0.6 is 0 Å². The molecule has 0 saturated heterocycles. The summed E-state index contributed by atoms with van der Waals surface area (Å²) in [7, 11) is 1.52. The molecule has 1 heterocycles. The van der Waals surface area contributed by atoms with Crippen LogP contribution in [0.1, 0.15) is 23.1 Å². The van der Waals surface area contributed by atoms with Crippen molar-refractivity contribution in [2.24, 2.45) is 4.99 Å². The summed E-state index contributed by atoms with van der Waals surface area (Å²) >= 11 is 0. The van der Waals surface area contributed by atoms with E-state index in [1.165, 1.54) is 48.6 Å². The zero-order valence-electron chi connectivity index (χ0n) is 16.4. The normalized spacial score (nSPS) is 18.4. The molecule has 0 radical (unpaired) electrons. The quantitative estimate of drug-likeness (QED) is 0.471. The molecule has 160 valence electrons. The first kappa shape index (κ1) is 21.6. The average molecular weight is 424 g/mol. The second-order valence-corrected chi connectivity index (χ2v) is 6.77. The van der Waals surface area contributed by atoms with Crippen LogP contribution in [-0.2, 0) is 10.3 Å². The van der Waals surface area contributed by atoms with Gasteiger partial charge < -0.3 is 14.4 Å². The van der Waals surface area contributed by atoms with E-state index in [-0.39, 0.29) is 24.5 Å². The fourth-order valence-electron chi connectivity index (χ4n) is 3.28. The molecule has 1 unspecified atom stereocenters. The summed E-state index contributed by atoms with van der Waals surface area (Å²) in [6.07, 6.45) is 1.44. The lowest BCUT2D eigenvalue weighted by molar-refractivity contribution is -0.129. The number of halogens is 4. The molecular formula is C21H20F4N2O3. The highest BCUT2D eigenvalue weighted by Crippen LogP contribution is 2.41. The topological polar surface area (TPSA) is 51.1 Å². The van der Waals surface area contributed by atoms with Crippen molar-refractivity contribution >= 4 is 12.2 Å². The van der Waals surface area contributed by atoms with E-state index in [1.807, 2.05) is 0 Å². The van der Waals surface area contributed by atoms with Crippen LogP contribution in [-0.4, -0.2) is 44.1 Å². The lowest BCUT2D eigenvalue weighted by Gasteiger charge is -2.27. The molecular weight excluding hydrogens is 404 g/mol. The van der Waals surface area contributed by atoms with Gasteiger partial charge in [-0.25, -0.2) is 9.38 Å². The number of alkyl halides is 3. The number of nitrogens with zero attached hydrogens (tertiary/aromatic N) is 2.